The quantitative estimate of drug-likeness (QED) is 0.868. The minimum atomic E-state index is 0.473. The van der Waals surface area contributed by atoms with Gasteiger partial charge in [-0.3, -0.25) is 0 Å². The second-order valence-corrected chi connectivity index (χ2v) is 5.84. The van der Waals surface area contributed by atoms with Gasteiger partial charge in [-0.1, -0.05) is 13.0 Å². The maximum Gasteiger partial charge on any atom is 0.129 e. The molecule has 1 aliphatic carbocycles. The van der Waals surface area contributed by atoms with Crippen molar-refractivity contribution in [1.29, 1.82) is 0 Å². The van der Waals surface area contributed by atoms with Gasteiger partial charge in [0.1, 0.15) is 5.82 Å². The molecule has 98 valence electrons. The summed E-state index contributed by atoms with van der Waals surface area (Å²) in [5.74, 6) is 1.95. The first-order valence-corrected chi connectivity index (χ1v) is 7.23. The molecule has 0 aromatic carbocycles. The molecule has 2 aliphatic rings. The second kappa shape index (κ2) is 4.88. The Morgan fingerprint density at radius 3 is 3.11 bits per heavy atom. The van der Waals surface area contributed by atoms with Crippen molar-refractivity contribution in [2.45, 2.75) is 45.1 Å². The number of hydrogen-bond donors (Lipinski definition) is 1. The number of pyridine rings is 1. The molecule has 0 saturated carbocycles. The minimum absolute atomic E-state index is 0.473. The summed E-state index contributed by atoms with van der Waals surface area (Å²) < 4.78 is 0. The van der Waals surface area contributed by atoms with Gasteiger partial charge in [-0.05, 0) is 49.7 Å². The van der Waals surface area contributed by atoms with E-state index in [-0.39, 0.29) is 0 Å². The summed E-state index contributed by atoms with van der Waals surface area (Å²) in [7, 11) is 0. The number of aryl methyl sites for hydroxylation is 2. The number of hydrogen-bond acceptors (Lipinski definition) is 3. The van der Waals surface area contributed by atoms with Crippen LogP contribution in [0.3, 0.4) is 0 Å². The molecule has 2 atom stereocenters. The van der Waals surface area contributed by atoms with Crippen molar-refractivity contribution in [3.05, 3.63) is 23.4 Å². The number of aromatic nitrogens is 1. The normalized spacial score (nSPS) is 27.3. The molecule has 0 amide bonds. The molecule has 0 spiro atoms. The molecule has 1 aromatic rings. The van der Waals surface area contributed by atoms with E-state index in [0.29, 0.717) is 6.04 Å². The Bertz CT molecular complexity index is 430. The molecular weight excluding hydrogens is 222 g/mol. The maximum atomic E-state index is 5.94. The number of piperidine rings is 1. The maximum absolute atomic E-state index is 5.94. The minimum Gasteiger partial charge on any atom is -0.352 e. The van der Waals surface area contributed by atoms with E-state index in [9.17, 15) is 0 Å². The van der Waals surface area contributed by atoms with Gasteiger partial charge >= 0.3 is 0 Å². The average Bonchev–Trinajstić information content (AvgIpc) is 2.85. The highest BCUT2D eigenvalue weighted by Gasteiger charge is 2.27. The summed E-state index contributed by atoms with van der Waals surface area (Å²) in [6.45, 7) is 4.17. The monoisotopic (exact) mass is 245 g/mol. The van der Waals surface area contributed by atoms with Gasteiger partial charge in [-0.25, -0.2) is 4.98 Å². The van der Waals surface area contributed by atoms with Gasteiger partial charge in [0.05, 0.1) is 0 Å². The van der Waals surface area contributed by atoms with Gasteiger partial charge in [0.2, 0.25) is 0 Å². The van der Waals surface area contributed by atoms with E-state index in [2.05, 4.69) is 24.0 Å². The number of anilines is 1. The van der Waals surface area contributed by atoms with Crippen molar-refractivity contribution in [1.82, 2.24) is 4.98 Å². The standard InChI is InChI=1S/C15H23N3/c1-11-7-8-18(13(9-11)10-16)15-6-5-12-3-2-4-14(12)17-15/h5-6,11,13H,2-4,7-10,16H2,1H3. The Morgan fingerprint density at radius 1 is 1.39 bits per heavy atom. The van der Waals surface area contributed by atoms with E-state index in [4.69, 9.17) is 10.7 Å². The first-order valence-electron chi connectivity index (χ1n) is 7.23. The predicted molar refractivity (Wildman–Crippen MR) is 74.8 cm³/mol. The first-order chi connectivity index (χ1) is 8.78. The van der Waals surface area contributed by atoms with E-state index < -0.39 is 0 Å². The highest BCUT2D eigenvalue weighted by molar-refractivity contribution is 5.44. The molecule has 3 nitrogen and oxygen atoms in total. The van der Waals surface area contributed by atoms with Crippen LogP contribution in [0.15, 0.2) is 12.1 Å². The van der Waals surface area contributed by atoms with Gasteiger partial charge in [0.25, 0.3) is 0 Å². The zero-order valence-electron chi connectivity index (χ0n) is 11.2. The van der Waals surface area contributed by atoms with Crippen LogP contribution in [0.25, 0.3) is 0 Å². The third-order valence-corrected chi connectivity index (χ3v) is 4.46. The van der Waals surface area contributed by atoms with Crippen molar-refractivity contribution in [3.8, 4) is 0 Å². The van der Waals surface area contributed by atoms with Gasteiger partial charge in [-0.15, -0.1) is 0 Å². The van der Waals surface area contributed by atoms with Crippen LogP contribution in [-0.2, 0) is 12.8 Å². The second-order valence-electron chi connectivity index (χ2n) is 5.84. The van der Waals surface area contributed by atoms with E-state index in [0.717, 1.165) is 31.2 Å². The summed E-state index contributed by atoms with van der Waals surface area (Å²) in [5, 5.41) is 0. The SMILES string of the molecule is CC1CCN(c2ccc3c(n2)CCC3)C(CN)C1. The van der Waals surface area contributed by atoms with Gasteiger partial charge in [-0.2, -0.15) is 0 Å². The molecule has 3 rings (SSSR count). The fraction of sp³-hybridized carbons (Fsp3) is 0.667. The zero-order chi connectivity index (χ0) is 12.5. The molecular formula is C15H23N3. The Hall–Kier alpha value is -1.09. The Kier molecular flexibility index (Phi) is 3.25. The summed E-state index contributed by atoms with van der Waals surface area (Å²) >= 11 is 0. The fourth-order valence-corrected chi connectivity index (χ4v) is 3.35. The lowest BCUT2D eigenvalue weighted by atomic mass is 9.92. The van der Waals surface area contributed by atoms with Crippen LogP contribution in [-0.4, -0.2) is 24.1 Å². The van der Waals surface area contributed by atoms with Crippen LogP contribution in [0, 0.1) is 5.92 Å². The van der Waals surface area contributed by atoms with Crippen LogP contribution in [0.2, 0.25) is 0 Å². The van der Waals surface area contributed by atoms with E-state index in [1.807, 2.05) is 0 Å². The molecule has 2 heterocycles. The fourth-order valence-electron chi connectivity index (χ4n) is 3.35. The van der Waals surface area contributed by atoms with E-state index >= 15 is 0 Å². The highest BCUT2D eigenvalue weighted by atomic mass is 15.2. The van der Waals surface area contributed by atoms with Gasteiger partial charge < -0.3 is 10.6 Å². The van der Waals surface area contributed by atoms with Gasteiger partial charge in [0, 0.05) is 24.8 Å². The largest absolute Gasteiger partial charge is 0.352 e. The number of rotatable bonds is 2. The van der Waals surface area contributed by atoms with Crippen molar-refractivity contribution in [2.24, 2.45) is 11.7 Å². The van der Waals surface area contributed by atoms with Crippen LogP contribution in [0.4, 0.5) is 5.82 Å². The molecule has 3 heteroatoms. The summed E-state index contributed by atoms with van der Waals surface area (Å²) in [6.07, 6.45) is 6.09. The van der Waals surface area contributed by atoms with Crippen LogP contribution in [0.5, 0.6) is 0 Å². The third kappa shape index (κ3) is 2.12. The van der Waals surface area contributed by atoms with Crippen LogP contribution >= 0.6 is 0 Å². The Labute approximate surface area is 109 Å². The van der Waals surface area contributed by atoms with E-state index in [1.165, 1.54) is 36.9 Å². The summed E-state index contributed by atoms with van der Waals surface area (Å²) in [4.78, 5) is 7.30. The lowest BCUT2D eigenvalue weighted by Gasteiger charge is -2.39. The molecule has 1 aliphatic heterocycles. The van der Waals surface area contributed by atoms with Crippen molar-refractivity contribution in [3.63, 3.8) is 0 Å². The predicted octanol–water partition coefficient (Wildman–Crippen LogP) is 2.13. The lowest BCUT2D eigenvalue weighted by Crippen LogP contribution is -2.46. The topological polar surface area (TPSA) is 42.2 Å². The van der Waals surface area contributed by atoms with Crippen molar-refractivity contribution >= 4 is 5.82 Å². The molecule has 1 fully saturated rings. The molecule has 18 heavy (non-hydrogen) atoms. The molecule has 2 unspecified atom stereocenters. The summed E-state index contributed by atoms with van der Waals surface area (Å²) in [6, 6.07) is 4.94. The molecule has 1 aromatic heterocycles. The lowest BCUT2D eigenvalue weighted by molar-refractivity contribution is 0.365. The smallest absolute Gasteiger partial charge is 0.129 e. The number of nitrogens with zero attached hydrogens (tertiary/aromatic N) is 2. The summed E-state index contributed by atoms with van der Waals surface area (Å²) in [5.41, 5.74) is 8.71. The number of nitrogens with two attached hydrogens (primary N) is 1. The highest BCUT2D eigenvalue weighted by Crippen LogP contribution is 2.29. The van der Waals surface area contributed by atoms with E-state index in [1.54, 1.807) is 0 Å². The number of fused-ring (bicyclic) bond motifs is 1. The first kappa shape index (κ1) is 12.0. The Balaban J connectivity index is 1.85. The molecule has 1 saturated heterocycles. The van der Waals surface area contributed by atoms with Crippen LogP contribution in [0.1, 0.15) is 37.4 Å². The van der Waals surface area contributed by atoms with Gasteiger partial charge in [0.15, 0.2) is 0 Å². The zero-order valence-corrected chi connectivity index (χ0v) is 11.2. The average molecular weight is 245 g/mol. The van der Waals surface area contributed by atoms with Crippen molar-refractivity contribution < 1.29 is 0 Å². The Morgan fingerprint density at radius 2 is 2.28 bits per heavy atom. The molecule has 0 radical (unpaired) electrons. The molecule has 0 bridgehead atoms. The van der Waals surface area contributed by atoms with Crippen LogP contribution < -0.4 is 10.6 Å². The third-order valence-electron chi connectivity index (χ3n) is 4.46. The van der Waals surface area contributed by atoms with Crippen molar-refractivity contribution in [2.75, 3.05) is 18.0 Å². The molecule has 2 N–H and O–H groups in total.